The molecular formula is C10H12O4. The summed E-state index contributed by atoms with van der Waals surface area (Å²) in [5.41, 5.74) is -1.08. The summed E-state index contributed by atoms with van der Waals surface area (Å²) >= 11 is 0. The third-order valence-corrected chi connectivity index (χ3v) is 2.09. The molecule has 0 spiro atoms. The van der Waals surface area contributed by atoms with Crippen LogP contribution in [0.1, 0.15) is 13.8 Å². The molecule has 4 heteroatoms. The maximum absolute atomic E-state index is 10.9. The van der Waals surface area contributed by atoms with Crippen LogP contribution in [0.3, 0.4) is 0 Å². The first-order valence-corrected chi connectivity index (χ1v) is 4.24. The van der Waals surface area contributed by atoms with Crippen LogP contribution in [-0.2, 0) is 14.3 Å². The number of ether oxygens (including phenoxy) is 1. The molecule has 1 N–H and O–H groups in total. The average molecular weight is 196 g/mol. The van der Waals surface area contributed by atoms with Gasteiger partial charge < -0.3 is 9.84 Å². The van der Waals surface area contributed by atoms with Crippen LogP contribution in [0.15, 0.2) is 24.3 Å². The number of esters is 1. The van der Waals surface area contributed by atoms with Gasteiger partial charge in [0.05, 0.1) is 0 Å². The first-order valence-electron chi connectivity index (χ1n) is 4.24. The molecule has 0 amide bonds. The first kappa shape index (κ1) is 10.5. The molecule has 0 radical (unpaired) electrons. The maximum Gasteiger partial charge on any atom is 0.314 e. The van der Waals surface area contributed by atoms with Crippen molar-refractivity contribution in [3.8, 4) is 0 Å². The van der Waals surface area contributed by atoms with Gasteiger partial charge in [0.2, 0.25) is 0 Å². The predicted octanol–water partition coefficient (Wildman–Crippen LogP) is 1.14. The number of hydrogen-bond donors (Lipinski definition) is 1. The lowest BCUT2D eigenvalue weighted by atomic mass is 9.85. The summed E-state index contributed by atoms with van der Waals surface area (Å²) in [5, 5.41) is 8.91. The Morgan fingerprint density at radius 2 is 2.07 bits per heavy atom. The van der Waals surface area contributed by atoms with Gasteiger partial charge in [-0.1, -0.05) is 18.2 Å². The average Bonchev–Trinajstić information content (AvgIpc) is 2.01. The van der Waals surface area contributed by atoms with Crippen molar-refractivity contribution in [2.45, 2.75) is 19.4 Å². The molecular weight excluding hydrogens is 184 g/mol. The fraction of sp³-hybridized carbons (Fsp3) is 0.400. The smallest absolute Gasteiger partial charge is 0.314 e. The fourth-order valence-electron chi connectivity index (χ4n) is 1.45. The van der Waals surface area contributed by atoms with Gasteiger partial charge in [-0.05, 0) is 13.0 Å². The molecule has 1 aliphatic carbocycles. The highest BCUT2D eigenvalue weighted by atomic mass is 16.6. The van der Waals surface area contributed by atoms with Crippen LogP contribution in [-0.4, -0.2) is 22.6 Å². The minimum Gasteiger partial charge on any atom is -0.481 e. The number of aliphatic carboxylic acids is 1. The van der Waals surface area contributed by atoms with E-state index in [1.807, 2.05) is 0 Å². The van der Waals surface area contributed by atoms with Crippen molar-refractivity contribution in [3.05, 3.63) is 24.3 Å². The van der Waals surface area contributed by atoms with Gasteiger partial charge in [0.15, 0.2) is 0 Å². The van der Waals surface area contributed by atoms with E-state index in [4.69, 9.17) is 9.84 Å². The first-order chi connectivity index (χ1) is 6.46. The zero-order valence-electron chi connectivity index (χ0n) is 8.06. The number of carboxylic acids is 1. The second-order valence-electron chi connectivity index (χ2n) is 3.34. The van der Waals surface area contributed by atoms with Crippen molar-refractivity contribution >= 4 is 11.9 Å². The standard InChI is InChI=1S/C10H12O4/c1-7(11)14-10(2)6-4-3-5-8(10)9(12)13/h3-6,8H,1-2H3,(H,12,13). The summed E-state index contributed by atoms with van der Waals surface area (Å²) in [6.07, 6.45) is 6.38. The Hall–Kier alpha value is -1.58. The van der Waals surface area contributed by atoms with E-state index in [0.717, 1.165) is 0 Å². The topological polar surface area (TPSA) is 63.6 Å². The molecule has 0 aliphatic heterocycles. The molecule has 0 fully saturated rings. The van der Waals surface area contributed by atoms with Crippen molar-refractivity contribution in [3.63, 3.8) is 0 Å². The molecule has 0 aromatic carbocycles. The number of allylic oxidation sites excluding steroid dienone is 2. The highest BCUT2D eigenvalue weighted by Crippen LogP contribution is 2.28. The Bertz CT molecular complexity index is 316. The van der Waals surface area contributed by atoms with E-state index in [2.05, 4.69) is 0 Å². The molecule has 2 atom stereocenters. The Balaban J connectivity index is 2.93. The minimum absolute atomic E-state index is 0.487. The maximum atomic E-state index is 10.9. The van der Waals surface area contributed by atoms with Gasteiger partial charge >= 0.3 is 11.9 Å². The zero-order chi connectivity index (χ0) is 10.8. The number of carbonyl (C=O) groups is 2. The molecule has 1 aliphatic rings. The Morgan fingerprint density at radius 1 is 1.43 bits per heavy atom. The zero-order valence-corrected chi connectivity index (χ0v) is 8.06. The van der Waals surface area contributed by atoms with Crippen molar-refractivity contribution in [1.29, 1.82) is 0 Å². The van der Waals surface area contributed by atoms with Gasteiger partial charge in [-0.2, -0.15) is 0 Å². The highest BCUT2D eigenvalue weighted by molar-refractivity contribution is 5.76. The summed E-state index contributed by atoms with van der Waals surface area (Å²) in [7, 11) is 0. The second-order valence-corrected chi connectivity index (χ2v) is 3.34. The van der Waals surface area contributed by atoms with Crippen LogP contribution in [0.5, 0.6) is 0 Å². The lowest BCUT2D eigenvalue weighted by molar-refractivity contribution is -0.160. The molecule has 2 unspecified atom stereocenters. The molecule has 0 saturated heterocycles. The SMILES string of the molecule is CC(=O)OC1(C)C=CC=CC1C(=O)O. The van der Waals surface area contributed by atoms with Crippen LogP contribution < -0.4 is 0 Å². The Labute approximate surface area is 81.9 Å². The molecule has 0 saturated carbocycles. The lowest BCUT2D eigenvalue weighted by Gasteiger charge is -2.31. The van der Waals surface area contributed by atoms with Crippen molar-refractivity contribution in [2.24, 2.45) is 5.92 Å². The van der Waals surface area contributed by atoms with Gasteiger partial charge in [0, 0.05) is 6.92 Å². The largest absolute Gasteiger partial charge is 0.481 e. The van der Waals surface area contributed by atoms with E-state index < -0.39 is 23.5 Å². The molecule has 1 rings (SSSR count). The molecule has 4 nitrogen and oxygen atoms in total. The Kier molecular flexibility index (Phi) is 2.74. The summed E-state index contributed by atoms with van der Waals surface area (Å²) in [6, 6.07) is 0. The predicted molar refractivity (Wildman–Crippen MR) is 49.6 cm³/mol. The van der Waals surface area contributed by atoms with E-state index in [0.29, 0.717) is 0 Å². The Morgan fingerprint density at radius 3 is 2.57 bits per heavy atom. The van der Waals surface area contributed by atoms with Gasteiger partial charge in [-0.25, -0.2) is 0 Å². The number of hydrogen-bond acceptors (Lipinski definition) is 3. The number of carboxylic acid groups (broad SMARTS) is 1. The fourth-order valence-corrected chi connectivity index (χ4v) is 1.45. The molecule has 0 heterocycles. The molecule has 14 heavy (non-hydrogen) atoms. The quantitative estimate of drug-likeness (QED) is 0.672. The second kappa shape index (κ2) is 3.65. The van der Waals surface area contributed by atoms with Crippen LogP contribution >= 0.6 is 0 Å². The summed E-state index contributed by atoms with van der Waals surface area (Å²) in [4.78, 5) is 21.7. The third kappa shape index (κ3) is 2.02. The summed E-state index contributed by atoms with van der Waals surface area (Å²) in [6.45, 7) is 2.84. The monoisotopic (exact) mass is 196 g/mol. The van der Waals surface area contributed by atoms with Crippen LogP contribution in [0.25, 0.3) is 0 Å². The van der Waals surface area contributed by atoms with Gasteiger partial charge in [0.25, 0.3) is 0 Å². The van der Waals surface area contributed by atoms with Crippen LogP contribution in [0.4, 0.5) is 0 Å². The van der Waals surface area contributed by atoms with Crippen LogP contribution in [0, 0.1) is 5.92 Å². The molecule has 0 aromatic heterocycles. The molecule has 0 aromatic rings. The van der Waals surface area contributed by atoms with Crippen molar-refractivity contribution < 1.29 is 19.4 Å². The normalized spacial score (nSPS) is 30.0. The van der Waals surface area contributed by atoms with Crippen molar-refractivity contribution in [2.75, 3.05) is 0 Å². The van der Waals surface area contributed by atoms with Crippen LogP contribution in [0.2, 0.25) is 0 Å². The van der Waals surface area contributed by atoms with Gasteiger partial charge in [-0.3, -0.25) is 9.59 Å². The third-order valence-electron chi connectivity index (χ3n) is 2.09. The van der Waals surface area contributed by atoms with E-state index in [1.165, 1.54) is 13.0 Å². The van der Waals surface area contributed by atoms with Gasteiger partial charge in [0.1, 0.15) is 11.5 Å². The molecule has 76 valence electrons. The lowest BCUT2D eigenvalue weighted by Crippen LogP contribution is -2.41. The van der Waals surface area contributed by atoms with Crippen molar-refractivity contribution in [1.82, 2.24) is 0 Å². The van der Waals surface area contributed by atoms with E-state index >= 15 is 0 Å². The van der Waals surface area contributed by atoms with Gasteiger partial charge in [-0.15, -0.1) is 0 Å². The van der Waals surface area contributed by atoms with E-state index in [1.54, 1.807) is 25.2 Å². The summed E-state index contributed by atoms with van der Waals surface area (Å²) in [5.74, 6) is -2.32. The summed E-state index contributed by atoms with van der Waals surface area (Å²) < 4.78 is 4.99. The number of carbonyl (C=O) groups excluding carboxylic acids is 1. The van der Waals surface area contributed by atoms with E-state index in [9.17, 15) is 9.59 Å². The number of rotatable bonds is 2. The highest BCUT2D eigenvalue weighted by Gasteiger charge is 2.39. The minimum atomic E-state index is -1.08. The van der Waals surface area contributed by atoms with E-state index in [-0.39, 0.29) is 0 Å². The molecule has 0 bridgehead atoms.